The molecule has 5 nitrogen and oxygen atoms in total. The van der Waals surface area contributed by atoms with Gasteiger partial charge in [0.15, 0.2) is 0 Å². The number of hydrogen-bond acceptors (Lipinski definition) is 4. The van der Waals surface area contributed by atoms with Gasteiger partial charge in [-0.2, -0.15) is 0 Å². The van der Waals surface area contributed by atoms with Gasteiger partial charge >= 0.3 is 0 Å². The van der Waals surface area contributed by atoms with E-state index in [1.54, 1.807) is 0 Å². The predicted octanol–water partition coefficient (Wildman–Crippen LogP) is 0.355. The first kappa shape index (κ1) is 13.8. The van der Waals surface area contributed by atoms with E-state index in [0.717, 1.165) is 58.7 Å². The van der Waals surface area contributed by atoms with E-state index in [4.69, 9.17) is 15.9 Å². The first-order chi connectivity index (χ1) is 8.69. The predicted molar refractivity (Wildman–Crippen MR) is 72.9 cm³/mol. The van der Waals surface area contributed by atoms with Crippen LogP contribution in [0.3, 0.4) is 0 Å². The van der Waals surface area contributed by atoms with E-state index in [-0.39, 0.29) is 0 Å². The van der Waals surface area contributed by atoms with Gasteiger partial charge in [0.2, 0.25) is 0 Å². The van der Waals surface area contributed by atoms with Gasteiger partial charge in [-0.25, -0.2) is 0 Å². The maximum absolute atomic E-state index is 7.49. The van der Waals surface area contributed by atoms with Crippen molar-refractivity contribution >= 4 is 5.84 Å². The second kappa shape index (κ2) is 6.50. The number of likely N-dealkylation sites (tertiary alicyclic amines) is 1. The lowest BCUT2D eigenvalue weighted by Crippen LogP contribution is -2.49. The molecule has 0 bridgehead atoms. The zero-order valence-electron chi connectivity index (χ0n) is 11.4. The molecule has 1 atom stereocenters. The molecule has 104 valence electrons. The molecule has 5 heteroatoms. The molecule has 0 aromatic carbocycles. The summed E-state index contributed by atoms with van der Waals surface area (Å²) >= 11 is 0. The minimum atomic E-state index is 0.306. The fourth-order valence-electron chi connectivity index (χ4n) is 2.89. The topological polar surface area (TPSA) is 65.6 Å². The quantitative estimate of drug-likeness (QED) is 0.561. The van der Waals surface area contributed by atoms with Crippen LogP contribution in [-0.2, 0) is 4.74 Å². The van der Waals surface area contributed by atoms with Crippen LogP contribution in [0.25, 0.3) is 0 Å². The third-order valence-electron chi connectivity index (χ3n) is 4.16. The summed E-state index contributed by atoms with van der Waals surface area (Å²) in [6.07, 6.45) is 2.41. The molecule has 3 N–H and O–H groups in total. The molecule has 1 unspecified atom stereocenters. The number of nitrogens with zero attached hydrogens (tertiary/aromatic N) is 2. The number of nitrogens with two attached hydrogens (primary N) is 1. The van der Waals surface area contributed by atoms with Crippen LogP contribution in [0, 0.1) is 11.3 Å². The molecule has 2 aliphatic heterocycles. The van der Waals surface area contributed by atoms with Gasteiger partial charge < -0.3 is 15.4 Å². The van der Waals surface area contributed by atoms with Gasteiger partial charge in [-0.1, -0.05) is 6.92 Å². The van der Waals surface area contributed by atoms with Gasteiger partial charge in [0, 0.05) is 25.6 Å². The molecule has 0 amide bonds. The molecule has 2 heterocycles. The highest BCUT2D eigenvalue weighted by Crippen LogP contribution is 2.18. The number of ether oxygens (including phenoxy) is 1. The molecule has 0 aromatic rings. The molecule has 0 aliphatic carbocycles. The first-order valence-electron chi connectivity index (χ1n) is 7.09. The van der Waals surface area contributed by atoms with Crippen LogP contribution in [-0.4, -0.2) is 67.6 Å². The van der Waals surface area contributed by atoms with Crippen molar-refractivity contribution in [3.8, 4) is 0 Å². The van der Waals surface area contributed by atoms with Gasteiger partial charge in [-0.15, -0.1) is 0 Å². The molecule has 2 rings (SSSR count). The van der Waals surface area contributed by atoms with Crippen molar-refractivity contribution in [2.75, 3.05) is 45.9 Å². The first-order valence-corrected chi connectivity index (χ1v) is 7.09. The summed E-state index contributed by atoms with van der Waals surface area (Å²) < 4.78 is 5.84. The second-order valence-electron chi connectivity index (χ2n) is 5.42. The van der Waals surface area contributed by atoms with Gasteiger partial charge in [-0.3, -0.25) is 10.3 Å². The zero-order valence-corrected chi connectivity index (χ0v) is 11.4. The lowest BCUT2D eigenvalue weighted by atomic mass is 9.95. The minimum Gasteiger partial charge on any atom is -0.387 e. The van der Waals surface area contributed by atoms with E-state index in [0.29, 0.717) is 17.9 Å². The number of rotatable bonds is 4. The molecule has 18 heavy (non-hydrogen) atoms. The van der Waals surface area contributed by atoms with Crippen molar-refractivity contribution in [1.82, 2.24) is 9.80 Å². The smallest absolute Gasteiger partial charge is 0.0937 e. The van der Waals surface area contributed by atoms with Crippen molar-refractivity contribution < 1.29 is 4.74 Å². The van der Waals surface area contributed by atoms with Crippen LogP contribution >= 0.6 is 0 Å². The molecular formula is C13H26N4O. The van der Waals surface area contributed by atoms with Crippen molar-refractivity contribution in [3.05, 3.63) is 0 Å². The standard InChI is InChI=1S/C13H26N4O/c1-2-16-7-8-18-12(9-16)10-17-5-3-11(4-6-17)13(14)15/h11-12H,2-10H2,1H3,(H3,14,15). The summed E-state index contributed by atoms with van der Waals surface area (Å²) in [4.78, 5) is 4.92. The fourth-order valence-corrected chi connectivity index (χ4v) is 2.89. The number of nitrogens with one attached hydrogen (secondary N) is 1. The van der Waals surface area contributed by atoms with Gasteiger partial charge in [0.25, 0.3) is 0 Å². The highest BCUT2D eigenvalue weighted by atomic mass is 16.5. The second-order valence-corrected chi connectivity index (χ2v) is 5.42. The number of amidine groups is 1. The van der Waals surface area contributed by atoms with Crippen molar-refractivity contribution in [2.45, 2.75) is 25.9 Å². The molecule has 0 saturated carbocycles. The van der Waals surface area contributed by atoms with Gasteiger partial charge in [0.1, 0.15) is 0 Å². The van der Waals surface area contributed by atoms with Gasteiger partial charge in [0.05, 0.1) is 18.5 Å². The SMILES string of the molecule is CCN1CCOC(CN2CCC(C(=N)N)CC2)C1. The van der Waals surface area contributed by atoms with Crippen LogP contribution in [0.5, 0.6) is 0 Å². The van der Waals surface area contributed by atoms with E-state index < -0.39 is 0 Å². The summed E-state index contributed by atoms with van der Waals surface area (Å²) in [5.41, 5.74) is 5.57. The Balaban J connectivity index is 1.72. The van der Waals surface area contributed by atoms with Crippen LogP contribution < -0.4 is 5.73 Å². The lowest BCUT2D eigenvalue weighted by molar-refractivity contribution is -0.0444. The Morgan fingerprint density at radius 3 is 2.61 bits per heavy atom. The molecule has 0 radical (unpaired) electrons. The third kappa shape index (κ3) is 3.67. The molecular weight excluding hydrogens is 228 g/mol. The van der Waals surface area contributed by atoms with E-state index in [9.17, 15) is 0 Å². The minimum absolute atomic E-state index is 0.306. The molecule has 2 saturated heterocycles. The van der Waals surface area contributed by atoms with Crippen LogP contribution in [0.1, 0.15) is 19.8 Å². The Hall–Kier alpha value is -0.650. The third-order valence-corrected chi connectivity index (χ3v) is 4.16. The summed E-state index contributed by atoms with van der Waals surface area (Å²) in [5.74, 6) is 0.668. The Bertz CT molecular complexity index is 276. The number of hydrogen-bond donors (Lipinski definition) is 2. The van der Waals surface area contributed by atoms with E-state index in [2.05, 4.69) is 16.7 Å². The summed E-state index contributed by atoms with van der Waals surface area (Å²) in [7, 11) is 0. The van der Waals surface area contributed by atoms with E-state index >= 15 is 0 Å². The van der Waals surface area contributed by atoms with Crippen molar-refractivity contribution in [1.29, 1.82) is 5.41 Å². The lowest BCUT2D eigenvalue weighted by Gasteiger charge is -2.37. The zero-order chi connectivity index (χ0) is 13.0. The Kier molecular flexibility index (Phi) is 4.97. The van der Waals surface area contributed by atoms with Crippen molar-refractivity contribution in [2.24, 2.45) is 11.7 Å². The normalized spacial score (nSPS) is 28.4. The maximum atomic E-state index is 7.49. The number of morpholine rings is 1. The molecule has 2 fully saturated rings. The molecule has 2 aliphatic rings. The number of likely N-dealkylation sites (N-methyl/N-ethyl adjacent to an activating group) is 1. The average Bonchev–Trinajstić information content (AvgIpc) is 2.39. The van der Waals surface area contributed by atoms with Crippen molar-refractivity contribution in [3.63, 3.8) is 0 Å². The molecule has 0 aromatic heterocycles. The fraction of sp³-hybridized carbons (Fsp3) is 0.923. The van der Waals surface area contributed by atoms with E-state index in [1.165, 1.54) is 0 Å². The highest BCUT2D eigenvalue weighted by Gasteiger charge is 2.25. The van der Waals surface area contributed by atoms with Crippen LogP contribution in [0.4, 0.5) is 0 Å². The van der Waals surface area contributed by atoms with Gasteiger partial charge in [-0.05, 0) is 32.5 Å². The monoisotopic (exact) mass is 254 g/mol. The van der Waals surface area contributed by atoms with Crippen LogP contribution in [0.15, 0.2) is 0 Å². The number of piperidine rings is 1. The van der Waals surface area contributed by atoms with Crippen LogP contribution in [0.2, 0.25) is 0 Å². The maximum Gasteiger partial charge on any atom is 0.0937 e. The Morgan fingerprint density at radius 1 is 1.28 bits per heavy atom. The average molecular weight is 254 g/mol. The largest absolute Gasteiger partial charge is 0.387 e. The van der Waals surface area contributed by atoms with E-state index in [1.807, 2.05) is 0 Å². The summed E-state index contributed by atoms with van der Waals surface area (Å²) in [5, 5.41) is 7.49. The Labute approximate surface area is 110 Å². The summed E-state index contributed by atoms with van der Waals surface area (Å²) in [6.45, 7) is 9.45. The highest BCUT2D eigenvalue weighted by molar-refractivity contribution is 5.79. The molecule has 0 spiro atoms. The Morgan fingerprint density at radius 2 is 2.00 bits per heavy atom. The summed E-state index contributed by atoms with van der Waals surface area (Å²) in [6, 6.07) is 0.